The summed E-state index contributed by atoms with van der Waals surface area (Å²) in [6.07, 6.45) is 0. The van der Waals surface area contributed by atoms with Gasteiger partial charge in [0.05, 0.1) is 0 Å². The van der Waals surface area contributed by atoms with Crippen LogP contribution in [-0.4, -0.2) is 10.2 Å². The lowest BCUT2D eigenvalue weighted by Crippen LogP contribution is -1.65. The second-order valence-electron chi connectivity index (χ2n) is 0.988. The molecule has 0 aliphatic heterocycles. The summed E-state index contributed by atoms with van der Waals surface area (Å²) in [7, 11) is 12.8. The first-order chi connectivity index (χ1) is 4.36. The molecule has 0 atom stereocenters. The molecule has 0 aliphatic rings. The van der Waals surface area contributed by atoms with Crippen molar-refractivity contribution in [1.29, 1.82) is 0 Å². The van der Waals surface area contributed by atoms with Crippen molar-refractivity contribution in [3.63, 3.8) is 0 Å². The Bertz CT molecular complexity index is 171. The summed E-state index contributed by atoms with van der Waals surface area (Å²) < 4.78 is 1.44. The third-order valence-electron chi connectivity index (χ3n) is 0.520. The number of rotatable bonds is 2. The van der Waals surface area contributed by atoms with Crippen molar-refractivity contribution >= 4 is 54.7 Å². The summed E-state index contributed by atoms with van der Waals surface area (Å²) in [6.45, 7) is 0. The van der Waals surface area contributed by atoms with E-state index < -0.39 is 0 Å². The molecule has 0 aromatic carbocycles. The minimum absolute atomic E-state index is 0.722. The van der Waals surface area contributed by atoms with Gasteiger partial charge in [-0.1, -0.05) is 11.3 Å². The summed E-state index contributed by atoms with van der Waals surface area (Å²) in [6, 6.07) is 0. The van der Waals surface area contributed by atoms with E-state index in [4.69, 9.17) is 21.4 Å². The second kappa shape index (κ2) is 3.88. The van der Waals surface area contributed by atoms with Crippen molar-refractivity contribution in [3.05, 3.63) is 0 Å². The summed E-state index contributed by atoms with van der Waals surface area (Å²) in [5.41, 5.74) is 0. The molecular formula is C2Cl2N2S3. The minimum Gasteiger partial charge on any atom is -0.129 e. The first-order valence-corrected chi connectivity index (χ1v) is 5.87. The number of halogens is 2. The number of hydrogen-bond donors (Lipinski definition) is 0. The molecule has 9 heavy (non-hydrogen) atoms. The number of aromatic nitrogens is 2. The third kappa shape index (κ3) is 2.16. The topological polar surface area (TPSA) is 25.8 Å². The molecule has 0 amide bonds. The quantitative estimate of drug-likeness (QED) is 0.763. The van der Waals surface area contributed by atoms with E-state index in [1.165, 1.54) is 11.3 Å². The maximum Gasteiger partial charge on any atom is 0.190 e. The van der Waals surface area contributed by atoms with Crippen LogP contribution in [0.25, 0.3) is 0 Å². The molecule has 0 spiro atoms. The summed E-state index contributed by atoms with van der Waals surface area (Å²) in [5.74, 6) is 0. The Morgan fingerprint density at radius 2 is 1.56 bits per heavy atom. The zero-order valence-electron chi connectivity index (χ0n) is 3.88. The molecular weight excluding hydrogens is 219 g/mol. The predicted octanol–water partition coefficient (Wildman–Crippen LogP) is 3.03. The van der Waals surface area contributed by atoms with Gasteiger partial charge in [0.25, 0.3) is 0 Å². The van der Waals surface area contributed by atoms with Crippen molar-refractivity contribution in [2.75, 3.05) is 0 Å². The van der Waals surface area contributed by atoms with Crippen LogP contribution in [0.2, 0.25) is 0 Å². The molecule has 0 saturated carbocycles. The van der Waals surface area contributed by atoms with Crippen molar-refractivity contribution in [2.45, 2.75) is 8.68 Å². The van der Waals surface area contributed by atoms with Gasteiger partial charge in [0, 0.05) is 22.0 Å². The van der Waals surface area contributed by atoms with Crippen LogP contribution in [0.1, 0.15) is 0 Å². The normalized spacial score (nSPS) is 10.0. The molecule has 2 nitrogen and oxygen atoms in total. The Morgan fingerprint density at radius 3 is 1.78 bits per heavy atom. The molecule has 1 heterocycles. The second-order valence-corrected chi connectivity index (χ2v) is 4.49. The van der Waals surface area contributed by atoms with Gasteiger partial charge in [-0.3, -0.25) is 0 Å². The van der Waals surface area contributed by atoms with Crippen LogP contribution in [0.15, 0.2) is 8.68 Å². The zero-order valence-corrected chi connectivity index (χ0v) is 7.84. The molecule has 50 valence electrons. The van der Waals surface area contributed by atoms with Crippen LogP contribution in [-0.2, 0) is 0 Å². The number of nitrogens with zero attached hydrogens (tertiary/aromatic N) is 2. The smallest absolute Gasteiger partial charge is 0.129 e. The Labute approximate surface area is 73.3 Å². The van der Waals surface area contributed by atoms with E-state index in [1.54, 1.807) is 0 Å². The highest BCUT2D eigenvalue weighted by Crippen LogP contribution is 2.31. The Hall–Kier alpha value is 0.840. The van der Waals surface area contributed by atoms with Crippen molar-refractivity contribution in [3.8, 4) is 0 Å². The van der Waals surface area contributed by atoms with Gasteiger partial charge in [-0.25, -0.2) is 0 Å². The maximum atomic E-state index is 5.37. The van der Waals surface area contributed by atoms with Gasteiger partial charge >= 0.3 is 0 Å². The Kier molecular flexibility index (Phi) is 3.42. The molecule has 7 heteroatoms. The fraction of sp³-hybridized carbons (Fsp3) is 0. The van der Waals surface area contributed by atoms with E-state index in [0.717, 1.165) is 30.6 Å². The summed E-state index contributed by atoms with van der Waals surface area (Å²) >= 11 is 1.37. The Morgan fingerprint density at radius 1 is 1.11 bits per heavy atom. The highest BCUT2D eigenvalue weighted by Gasteiger charge is 2.01. The fourth-order valence-electron chi connectivity index (χ4n) is 0.260. The average Bonchev–Trinajstić information content (AvgIpc) is 2.34. The van der Waals surface area contributed by atoms with E-state index in [9.17, 15) is 0 Å². The molecule has 0 saturated heterocycles. The van der Waals surface area contributed by atoms with Gasteiger partial charge in [-0.15, -0.1) is 10.2 Å². The molecule has 0 N–H and O–H groups in total. The van der Waals surface area contributed by atoms with Crippen LogP contribution < -0.4 is 0 Å². The van der Waals surface area contributed by atoms with Crippen molar-refractivity contribution in [1.82, 2.24) is 10.2 Å². The fourth-order valence-corrected chi connectivity index (χ4v) is 2.35. The lowest BCUT2D eigenvalue weighted by atomic mass is 11.6. The third-order valence-corrected chi connectivity index (χ3v) is 3.89. The molecule has 0 bridgehead atoms. The Balaban J connectivity index is 2.74. The molecule has 0 radical (unpaired) electrons. The molecule has 1 aromatic rings. The van der Waals surface area contributed by atoms with Crippen molar-refractivity contribution < 1.29 is 0 Å². The molecule has 0 fully saturated rings. The van der Waals surface area contributed by atoms with Gasteiger partial charge in [0.2, 0.25) is 0 Å². The van der Waals surface area contributed by atoms with Gasteiger partial charge in [-0.2, -0.15) is 0 Å². The zero-order chi connectivity index (χ0) is 6.69. The highest BCUT2D eigenvalue weighted by molar-refractivity contribution is 8.23. The first kappa shape index (κ1) is 7.94. The summed E-state index contributed by atoms with van der Waals surface area (Å²) in [5, 5.41) is 7.40. The van der Waals surface area contributed by atoms with Crippen molar-refractivity contribution in [2.24, 2.45) is 0 Å². The summed E-state index contributed by atoms with van der Waals surface area (Å²) in [4.78, 5) is 0. The molecule has 1 rings (SSSR count). The minimum atomic E-state index is 0.722. The van der Waals surface area contributed by atoms with E-state index >= 15 is 0 Å². The predicted molar refractivity (Wildman–Crippen MR) is 43.3 cm³/mol. The van der Waals surface area contributed by atoms with E-state index in [1.807, 2.05) is 0 Å². The van der Waals surface area contributed by atoms with Crippen LogP contribution in [0.5, 0.6) is 0 Å². The monoisotopic (exact) mass is 218 g/mol. The maximum absolute atomic E-state index is 5.37. The first-order valence-electron chi connectivity index (χ1n) is 1.77. The van der Waals surface area contributed by atoms with Gasteiger partial charge < -0.3 is 0 Å². The van der Waals surface area contributed by atoms with E-state index in [0.29, 0.717) is 0 Å². The van der Waals surface area contributed by atoms with Crippen LogP contribution in [0.3, 0.4) is 0 Å². The largest absolute Gasteiger partial charge is 0.190 e. The molecule has 0 aliphatic carbocycles. The molecule has 0 unspecified atom stereocenters. The van der Waals surface area contributed by atoms with Gasteiger partial charge in [0.1, 0.15) is 0 Å². The van der Waals surface area contributed by atoms with Gasteiger partial charge in [0.15, 0.2) is 8.68 Å². The number of hydrogen-bond acceptors (Lipinski definition) is 5. The average molecular weight is 219 g/mol. The van der Waals surface area contributed by atoms with E-state index in [2.05, 4.69) is 10.2 Å². The lowest BCUT2D eigenvalue weighted by molar-refractivity contribution is 0.959. The highest BCUT2D eigenvalue weighted by atomic mass is 35.7. The molecule has 1 aromatic heterocycles. The standard InChI is InChI=1S/C2Cl2N2S3/c3-8-1-5-6-2(7-1)9-4. The van der Waals surface area contributed by atoms with Gasteiger partial charge in [-0.05, 0) is 21.4 Å². The lowest BCUT2D eigenvalue weighted by Gasteiger charge is -1.74. The van der Waals surface area contributed by atoms with Crippen LogP contribution in [0, 0.1) is 0 Å². The van der Waals surface area contributed by atoms with E-state index in [-0.39, 0.29) is 0 Å². The van der Waals surface area contributed by atoms with Crippen LogP contribution in [0.4, 0.5) is 0 Å². The van der Waals surface area contributed by atoms with Crippen LogP contribution >= 0.6 is 54.7 Å². The SMILES string of the molecule is ClSc1nnc(SCl)s1.